The second-order valence-electron chi connectivity index (χ2n) is 6.57. The van der Waals surface area contributed by atoms with Gasteiger partial charge in [0.15, 0.2) is 12.6 Å². The van der Waals surface area contributed by atoms with E-state index in [4.69, 9.17) is 35.3 Å². The first-order valence-corrected chi connectivity index (χ1v) is 8.33. The van der Waals surface area contributed by atoms with Crippen LogP contribution in [0.3, 0.4) is 0 Å². The van der Waals surface area contributed by atoms with Gasteiger partial charge in [-0.2, -0.15) is 0 Å². The summed E-state index contributed by atoms with van der Waals surface area (Å²) in [7, 11) is 1.35. The van der Waals surface area contributed by atoms with Crippen molar-refractivity contribution in [2.24, 2.45) is 11.3 Å². The van der Waals surface area contributed by atoms with E-state index >= 15 is 0 Å². The van der Waals surface area contributed by atoms with Crippen molar-refractivity contribution in [3.05, 3.63) is 11.8 Å². The molecule has 2 aliphatic heterocycles. The standard InChI is InChI=1S/C16H25ClO6/c1-16(2)9-22-14(23-10-16)7-11-6-13(20-5-4-17)21-8-12(11)15(18)19-3/h8,11,13-14H,4-7,9-10H2,1-3H3/t11-,13+/m1/s1. The number of hydrogen-bond donors (Lipinski definition) is 0. The maximum Gasteiger partial charge on any atom is 0.337 e. The Balaban J connectivity index is 1.98. The maximum absolute atomic E-state index is 11.9. The molecule has 2 rings (SSSR count). The molecule has 0 aromatic heterocycles. The van der Waals surface area contributed by atoms with E-state index in [1.165, 1.54) is 13.4 Å². The number of rotatable bonds is 6. The molecule has 0 spiro atoms. The Morgan fingerprint density at radius 1 is 1.39 bits per heavy atom. The molecule has 0 saturated carbocycles. The molecular weight excluding hydrogens is 324 g/mol. The molecule has 1 fully saturated rings. The summed E-state index contributed by atoms with van der Waals surface area (Å²) < 4.78 is 27.3. The number of ether oxygens (including phenoxy) is 5. The van der Waals surface area contributed by atoms with Gasteiger partial charge in [0, 0.05) is 30.1 Å². The van der Waals surface area contributed by atoms with Crippen LogP contribution in [0.4, 0.5) is 0 Å². The molecule has 0 N–H and O–H groups in total. The largest absolute Gasteiger partial charge is 0.472 e. The van der Waals surface area contributed by atoms with Crippen molar-refractivity contribution in [1.82, 2.24) is 0 Å². The number of esters is 1. The summed E-state index contributed by atoms with van der Waals surface area (Å²) in [6, 6.07) is 0. The smallest absolute Gasteiger partial charge is 0.337 e. The average molecular weight is 349 g/mol. The highest BCUT2D eigenvalue weighted by atomic mass is 35.5. The zero-order valence-electron chi connectivity index (χ0n) is 13.9. The SMILES string of the molecule is COC(=O)C1=CO[C@H](OCCCl)C[C@@H]1CC1OCC(C)(C)CO1. The van der Waals surface area contributed by atoms with Gasteiger partial charge < -0.3 is 23.7 Å². The van der Waals surface area contributed by atoms with Gasteiger partial charge in [-0.25, -0.2) is 4.79 Å². The highest BCUT2D eigenvalue weighted by Gasteiger charge is 2.36. The van der Waals surface area contributed by atoms with Crippen molar-refractivity contribution < 1.29 is 28.5 Å². The van der Waals surface area contributed by atoms with E-state index in [1.807, 2.05) is 0 Å². The number of methoxy groups -OCH3 is 1. The molecule has 1 saturated heterocycles. The van der Waals surface area contributed by atoms with E-state index in [9.17, 15) is 4.79 Å². The van der Waals surface area contributed by atoms with Gasteiger partial charge in [-0.3, -0.25) is 0 Å². The van der Waals surface area contributed by atoms with E-state index in [2.05, 4.69) is 13.8 Å². The lowest BCUT2D eigenvalue weighted by Gasteiger charge is -2.37. The van der Waals surface area contributed by atoms with Crippen molar-refractivity contribution in [2.45, 2.75) is 39.3 Å². The number of carbonyl (C=O) groups excluding carboxylic acids is 1. The monoisotopic (exact) mass is 348 g/mol. The molecule has 0 amide bonds. The Bertz CT molecular complexity index is 426. The van der Waals surface area contributed by atoms with Crippen molar-refractivity contribution in [1.29, 1.82) is 0 Å². The molecule has 0 radical (unpaired) electrons. The molecule has 7 heteroatoms. The summed E-state index contributed by atoms with van der Waals surface area (Å²) in [6.45, 7) is 5.83. The second-order valence-corrected chi connectivity index (χ2v) is 6.95. The molecule has 2 aliphatic rings. The molecule has 6 nitrogen and oxygen atoms in total. The minimum Gasteiger partial charge on any atom is -0.472 e. The third-order valence-corrected chi connectivity index (χ3v) is 4.02. The van der Waals surface area contributed by atoms with Gasteiger partial charge in [-0.05, 0) is 0 Å². The number of alkyl halides is 1. The van der Waals surface area contributed by atoms with Gasteiger partial charge >= 0.3 is 5.97 Å². The summed E-state index contributed by atoms with van der Waals surface area (Å²) in [4.78, 5) is 11.9. The normalized spacial score (nSPS) is 27.9. The van der Waals surface area contributed by atoms with Gasteiger partial charge in [0.25, 0.3) is 0 Å². The topological polar surface area (TPSA) is 63.2 Å². The molecule has 2 heterocycles. The van der Waals surface area contributed by atoms with Gasteiger partial charge in [-0.15, -0.1) is 11.6 Å². The highest BCUT2D eigenvalue weighted by Crippen LogP contribution is 2.33. The van der Waals surface area contributed by atoms with E-state index < -0.39 is 12.3 Å². The minimum atomic E-state index is -0.424. The summed E-state index contributed by atoms with van der Waals surface area (Å²) in [5, 5.41) is 0. The summed E-state index contributed by atoms with van der Waals surface area (Å²) in [6.07, 6.45) is 1.75. The van der Waals surface area contributed by atoms with Gasteiger partial charge in [0.2, 0.25) is 0 Å². The van der Waals surface area contributed by atoms with Crippen molar-refractivity contribution in [3.63, 3.8) is 0 Å². The third kappa shape index (κ3) is 5.35. The average Bonchev–Trinajstić information content (AvgIpc) is 2.54. The van der Waals surface area contributed by atoms with Crippen molar-refractivity contribution >= 4 is 17.6 Å². The van der Waals surface area contributed by atoms with Crippen LogP contribution in [-0.2, 0) is 28.5 Å². The number of halogens is 1. The number of hydrogen-bond acceptors (Lipinski definition) is 6. The summed E-state index contributed by atoms with van der Waals surface area (Å²) >= 11 is 5.63. The zero-order chi connectivity index (χ0) is 16.9. The zero-order valence-corrected chi connectivity index (χ0v) is 14.6. The lowest BCUT2D eigenvalue weighted by atomic mass is 9.90. The molecule has 0 bridgehead atoms. The van der Waals surface area contributed by atoms with Gasteiger partial charge in [0.1, 0.15) is 0 Å². The Morgan fingerprint density at radius 2 is 2.09 bits per heavy atom. The van der Waals surface area contributed by atoms with Crippen LogP contribution < -0.4 is 0 Å². The fourth-order valence-corrected chi connectivity index (χ4v) is 2.68. The quantitative estimate of drug-likeness (QED) is 0.542. The highest BCUT2D eigenvalue weighted by molar-refractivity contribution is 6.17. The Labute approximate surface area is 142 Å². The van der Waals surface area contributed by atoms with Crippen molar-refractivity contribution in [2.75, 3.05) is 32.8 Å². The van der Waals surface area contributed by atoms with Crippen LogP contribution in [0.25, 0.3) is 0 Å². The minimum absolute atomic E-state index is 0.0131. The Kier molecular flexibility index (Phi) is 6.71. The molecule has 0 aliphatic carbocycles. The number of carbonyl (C=O) groups is 1. The first-order chi connectivity index (χ1) is 10.9. The third-order valence-electron chi connectivity index (χ3n) is 3.86. The Hall–Kier alpha value is -0.820. The second kappa shape index (κ2) is 8.33. The fraction of sp³-hybridized carbons (Fsp3) is 0.812. The summed E-state index contributed by atoms with van der Waals surface area (Å²) in [5.74, 6) is -0.119. The predicted molar refractivity (Wildman–Crippen MR) is 83.8 cm³/mol. The lowest BCUT2D eigenvalue weighted by Crippen LogP contribution is -2.40. The van der Waals surface area contributed by atoms with Crippen LogP contribution in [0.5, 0.6) is 0 Å². The lowest BCUT2D eigenvalue weighted by molar-refractivity contribution is -0.229. The molecule has 2 atom stereocenters. The maximum atomic E-state index is 11.9. The summed E-state index contributed by atoms with van der Waals surface area (Å²) in [5.41, 5.74) is 0.495. The molecule has 0 aromatic rings. The van der Waals surface area contributed by atoms with Crippen LogP contribution >= 0.6 is 11.6 Å². The first-order valence-electron chi connectivity index (χ1n) is 7.80. The van der Waals surface area contributed by atoms with E-state index in [0.717, 1.165) is 0 Å². The van der Waals surface area contributed by atoms with Crippen LogP contribution in [0.2, 0.25) is 0 Å². The molecule has 0 aromatic carbocycles. The fourth-order valence-electron chi connectivity index (χ4n) is 2.59. The molecular formula is C16H25ClO6. The van der Waals surface area contributed by atoms with Crippen LogP contribution in [-0.4, -0.2) is 51.4 Å². The van der Waals surface area contributed by atoms with Crippen LogP contribution in [0, 0.1) is 11.3 Å². The van der Waals surface area contributed by atoms with Crippen LogP contribution in [0.1, 0.15) is 26.7 Å². The van der Waals surface area contributed by atoms with Gasteiger partial charge in [-0.1, -0.05) is 13.8 Å². The van der Waals surface area contributed by atoms with Crippen molar-refractivity contribution in [3.8, 4) is 0 Å². The van der Waals surface area contributed by atoms with E-state index in [-0.39, 0.29) is 17.6 Å². The van der Waals surface area contributed by atoms with Crippen LogP contribution in [0.15, 0.2) is 11.8 Å². The first kappa shape index (κ1) is 18.5. The molecule has 0 unspecified atom stereocenters. The Morgan fingerprint density at radius 3 is 2.70 bits per heavy atom. The molecule has 23 heavy (non-hydrogen) atoms. The van der Waals surface area contributed by atoms with Gasteiger partial charge in [0.05, 0.1) is 38.8 Å². The van der Waals surface area contributed by atoms with E-state index in [1.54, 1.807) is 0 Å². The molecule has 132 valence electrons. The van der Waals surface area contributed by atoms with E-state index in [0.29, 0.717) is 44.1 Å². The predicted octanol–water partition coefficient (Wildman–Crippen LogP) is 2.45.